The number of rotatable bonds is 5. The number of likely N-dealkylation sites (N-methyl/N-ethyl adjacent to an activating group) is 1. The molecule has 0 unspecified atom stereocenters. The monoisotopic (exact) mass is 326 g/mol. The van der Waals surface area contributed by atoms with Gasteiger partial charge in [0.15, 0.2) is 0 Å². The lowest BCUT2D eigenvalue weighted by molar-refractivity contribution is -0.144. The smallest absolute Gasteiger partial charge is 0.245 e. The maximum Gasteiger partial charge on any atom is 0.245 e. The summed E-state index contributed by atoms with van der Waals surface area (Å²) in [5.74, 6) is 1.40. The second-order valence-electron chi connectivity index (χ2n) is 5.36. The molecule has 1 aliphatic rings. The van der Waals surface area contributed by atoms with E-state index in [0.717, 1.165) is 6.42 Å². The summed E-state index contributed by atoms with van der Waals surface area (Å²) in [6, 6.07) is 3.77. The van der Waals surface area contributed by atoms with Crippen molar-refractivity contribution in [2.75, 3.05) is 25.2 Å². The van der Waals surface area contributed by atoms with Gasteiger partial charge < -0.3 is 9.80 Å². The van der Waals surface area contributed by atoms with Crippen LogP contribution in [0.4, 0.5) is 0 Å². The molecule has 0 aromatic carbocycles. The van der Waals surface area contributed by atoms with Crippen molar-refractivity contribution in [2.45, 2.75) is 26.3 Å². The first-order valence-electron chi connectivity index (χ1n) is 7.20. The number of hydrogen-bond donors (Lipinski definition) is 0. The summed E-state index contributed by atoms with van der Waals surface area (Å²) < 4.78 is 0. The minimum absolute atomic E-state index is 0.0548. The minimum Gasteiger partial charge on any atom is -0.344 e. The molecule has 1 fully saturated rings. The van der Waals surface area contributed by atoms with E-state index < -0.39 is 0 Å². The molecule has 2 heterocycles. The van der Waals surface area contributed by atoms with E-state index in [1.165, 1.54) is 4.88 Å². The molecule has 0 aliphatic carbocycles. The van der Waals surface area contributed by atoms with Crippen LogP contribution in [0.15, 0.2) is 17.5 Å². The average molecular weight is 326 g/mol. The fourth-order valence-corrected chi connectivity index (χ4v) is 4.37. The lowest BCUT2D eigenvalue weighted by Crippen LogP contribution is -2.49. The Morgan fingerprint density at radius 3 is 2.90 bits per heavy atom. The van der Waals surface area contributed by atoms with Crippen LogP contribution < -0.4 is 0 Å². The number of hydrogen-bond acceptors (Lipinski definition) is 4. The van der Waals surface area contributed by atoms with Gasteiger partial charge in [0.25, 0.3) is 0 Å². The van der Waals surface area contributed by atoms with Gasteiger partial charge >= 0.3 is 0 Å². The number of carbonyl (C=O) groups excluding carboxylic acids is 2. The van der Waals surface area contributed by atoms with Gasteiger partial charge in [-0.3, -0.25) is 9.59 Å². The maximum atomic E-state index is 12.6. The average Bonchev–Trinajstić information content (AvgIpc) is 3.15. The Balaban J connectivity index is 2.01. The Labute approximate surface area is 134 Å². The van der Waals surface area contributed by atoms with Gasteiger partial charge in [0, 0.05) is 30.1 Å². The van der Waals surface area contributed by atoms with Gasteiger partial charge in [0.2, 0.25) is 11.8 Å². The highest BCUT2D eigenvalue weighted by atomic mass is 32.2. The van der Waals surface area contributed by atoms with Crippen LogP contribution in [-0.2, 0) is 16.0 Å². The molecule has 1 aliphatic heterocycles. The molecule has 6 heteroatoms. The molecule has 4 nitrogen and oxygen atoms in total. The highest BCUT2D eigenvalue weighted by molar-refractivity contribution is 7.99. The fraction of sp³-hybridized carbons (Fsp3) is 0.600. The Morgan fingerprint density at radius 2 is 2.29 bits per heavy atom. The SMILES string of the molecule is CCN(C)C(=O)[C@H]1CSCN1C(=O)[C@H](C)Cc1cccs1. The molecule has 2 atom stereocenters. The van der Waals surface area contributed by atoms with Crippen molar-refractivity contribution in [3.8, 4) is 0 Å². The summed E-state index contributed by atoms with van der Waals surface area (Å²) >= 11 is 3.34. The van der Waals surface area contributed by atoms with Gasteiger partial charge in [-0.1, -0.05) is 13.0 Å². The van der Waals surface area contributed by atoms with Gasteiger partial charge in [0.05, 0.1) is 5.88 Å². The molecule has 0 N–H and O–H groups in total. The van der Waals surface area contributed by atoms with Crippen LogP contribution in [-0.4, -0.2) is 52.9 Å². The third kappa shape index (κ3) is 3.80. The van der Waals surface area contributed by atoms with E-state index >= 15 is 0 Å². The molecule has 2 amide bonds. The van der Waals surface area contributed by atoms with Crippen molar-refractivity contribution in [3.63, 3.8) is 0 Å². The summed E-state index contributed by atoms with van der Waals surface area (Å²) in [5, 5.41) is 2.03. The lowest BCUT2D eigenvalue weighted by atomic mass is 10.0. The molecule has 0 spiro atoms. The lowest BCUT2D eigenvalue weighted by Gasteiger charge is -2.28. The van der Waals surface area contributed by atoms with Crippen LogP contribution in [0, 0.1) is 5.92 Å². The minimum atomic E-state index is -0.293. The highest BCUT2D eigenvalue weighted by Crippen LogP contribution is 2.25. The Bertz CT molecular complexity index is 490. The summed E-state index contributed by atoms with van der Waals surface area (Å²) in [5.41, 5.74) is 0. The molecule has 1 aromatic heterocycles. The molecule has 1 saturated heterocycles. The molecular weight excluding hydrogens is 304 g/mol. The van der Waals surface area contributed by atoms with Crippen molar-refractivity contribution in [3.05, 3.63) is 22.4 Å². The molecule has 21 heavy (non-hydrogen) atoms. The van der Waals surface area contributed by atoms with E-state index in [1.54, 1.807) is 39.9 Å². The number of carbonyl (C=O) groups is 2. The van der Waals surface area contributed by atoms with E-state index in [4.69, 9.17) is 0 Å². The number of thiophene rings is 1. The molecule has 1 aromatic rings. The molecule has 116 valence electrons. The zero-order valence-electron chi connectivity index (χ0n) is 12.7. The largest absolute Gasteiger partial charge is 0.344 e. The van der Waals surface area contributed by atoms with E-state index in [9.17, 15) is 9.59 Å². The highest BCUT2D eigenvalue weighted by Gasteiger charge is 2.37. The van der Waals surface area contributed by atoms with Gasteiger partial charge in [-0.25, -0.2) is 0 Å². The van der Waals surface area contributed by atoms with Crippen LogP contribution in [0.2, 0.25) is 0 Å². The van der Waals surface area contributed by atoms with Crippen LogP contribution in [0.25, 0.3) is 0 Å². The number of thioether (sulfide) groups is 1. The predicted molar refractivity (Wildman–Crippen MR) is 88.5 cm³/mol. The standard InChI is InChI=1S/C15H22N2O2S2/c1-4-16(3)15(19)13-9-20-10-17(13)14(18)11(2)8-12-6-5-7-21-12/h5-7,11,13H,4,8-10H2,1-3H3/t11-,13-/m1/s1. The maximum absolute atomic E-state index is 12.6. The Morgan fingerprint density at radius 1 is 1.52 bits per heavy atom. The summed E-state index contributed by atoms with van der Waals surface area (Å²) in [6.07, 6.45) is 0.752. The van der Waals surface area contributed by atoms with Gasteiger partial charge in [-0.15, -0.1) is 23.1 Å². The van der Waals surface area contributed by atoms with Crippen LogP contribution in [0.1, 0.15) is 18.7 Å². The molecule has 0 saturated carbocycles. The van der Waals surface area contributed by atoms with Gasteiger partial charge in [0.1, 0.15) is 6.04 Å². The van der Waals surface area contributed by atoms with E-state index in [1.807, 2.05) is 25.3 Å². The zero-order chi connectivity index (χ0) is 15.4. The first-order chi connectivity index (χ1) is 10.0. The zero-order valence-corrected chi connectivity index (χ0v) is 14.4. The second-order valence-corrected chi connectivity index (χ2v) is 7.39. The quantitative estimate of drug-likeness (QED) is 0.834. The van der Waals surface area contributed by atoms with Gasteiger partial charge in [-0.05, 0) is 24.8 Å². The number of amides is 2. The van der Waals surface area contributed by atoms with E-state index in [0.29, 0.717) is 18.2 Å². The molecular formula is C15H22N2O2S2. The predicted octanol–water partition coefficient (Wildman–Crippen LogP) is 2.31. The third-order valence-corrected chi connectivity index (χ3v) is 5.72. The van der Waals surface area contributed by atoms with Crippen LogP contribution in [0.5, 0.6) is 0 Å². The van der Waals surface area contributed by atoms with E-state index in [2.05, 4.69) is 6.07 Å². The normalized spacial score (nSPS) is 19.6. The first kappa shape index (κ1) is 16.4. The molecule has 2 rings (SSSR count). The van der Waals surface area contributed by atoms with Crippen molar-refractivity contribution < 1.29 is 9.59 Å². The third-order valence-electron chi connectivity index (χ3n) is 3.81. The topological polar surface area (TPSA) is 40.6 Å². The Kier molecular flexibility index (Phi) is 5.70. The molecule has 0 radical (unpaired) electrons. The summed E-state index contributed by atoms with van der Waals surface area (Å²) in [4.78, 5) is 29.7. The fourth-order valence-electron chi connectivity index (χ4n) is 2.38. The Hall–Kier alpha value is -1.01. The molecule has 0 bridgehead atoms. The van der Waals surface area contributed by atoms with Crippen LogP contribution >= 0.6 is 23.1 Å². The second kappa shape index (κ2) is 7.31. The van der Waals surface area contributed by atoms with Crippen LogP contribution in [0.3, 0.4) is 0 Å². The number of nitrogens with zero attached hydrogens (tertiary/aromatic N) is 2. The van der Waals surface area contributed by atoms with Crippen molar-refractivity contribution in [1.82, 2.24) is 9.80 Å². The van der Waals surface area contributed by atoms with E-state index in [-0.39, 0.29) is 23.8 Å². The van der Waals surface area contributed by atoms with Crippen molar-refractivity contribution in [2.24, 2.45) is 5.92 Å². The van der Waals surface area contributed by atoms with Crippen molar-refractivity contribution in [1.29, 1.82) is 0 Å². The summed E-state index contributed by atoms with van der Waals surface area (Å²) in [6.45, 7) is 4.58. The van der Waals surface area contributed by atoms with Crippen molar-refractivity contribution >= 4 is 34.9 Å². The first-order valence-corrected chi connectivity index (χ1v) is 9.23. The van der Waals surface area contributed by atoms with Gasteiger partial charge in [-0.2, -0.15) is 0 Å². The summed E-state index contributed by atoms with van der Waals surface area (Å²) in [7, 11) is 1.79.